The highest BCUT2D eigenvalue weighted by molar-refractivity contribution is 5.78. The Labute approximate surface area is 160 Å². The normalized spacial score (nSPS) is 14.9. The highest BCUT2D eigenvalue weighted by Gasteiger charge is 2.58. The fourth-order valence-corrected chi connectivity index (χ4v) is 2.71. The lowest BCUT2D eigenvalue weighted by Gasteiger charge is -2.28. The molecule has 6 nitrogen and oxygen atoms in total. The van der Waals surface area contributed by atoms with Crippen LogP contribution in [0.1, 0.15) is 36.5 Å². The summed E-state index contributed by atoms with van der Waals surface area (Å²) in [5, 5.41) is 12.7. The quantitative estimate of drug-likeness (QED) is 0.741. The fraction of sp³-hybridized carbons (Fsp3) is 0.421. The van der Waals surface area contributed by atoms with Crippen molar-refractivity contribution in [2.45, 2.75) is 38.1 Å². The number of carbonyl (C=O) groups is 1. The van der Waals surface area contributed by atoms with E-state index < -0.39 is 35.9 Å². The molecular formula is C19H22F3NO5. The maximum atomic E-state index is 13.5. The summed E-state index contributed by atoms with van der Waals surface area (Å²) in [6.45, 7) is 3.04. The molecule has 2 rings (SSSR count). The van der Waals surface area contributed by atoms with Gasteiger partial charge in [-0.05, 0) is 43.7 Å². The fourth-order valence-electron chi connectivity index (χ4n) is 2.71. The van der Waals surface area contributed by atoms with Gasteiger partial charge in [-0.1, -0.05) is 6.07 Å². The first-order valence-electron chi connectivity index (χ1n) is 8.39. The van der Waals surface area contributed by atoms with E-state index in [0.29, 0.717) is 17.1 Å². The van der Waals surface area contributed by atoms with Crippen molar-refractivity contribution in [2.24, 2.45) is 0 Å². The van der Waals surface area contributed by atoms with Gasteiger partial charge in [-0.3, -0.25) is 4.79 Å². The van der Waals surface area contributed by atoms with E-state index in [-0.39, 0.29) is 5.76 Å². The maximum Gasteiger partial charge on any atom is 0.425 e. The highest BCUT2D eigenvalue weighted by Crippen LogP contribution is 2.42. The first-order valence-corrected chi connectivity index (χ1v) is 8.39. The van der Waals surface area contributed by atoms with Gasteiger partial charge >= 0.3 is 6.18 Å². The van der Waals surface area contributed by atoms with Gasteiger partial charge in [0.1, 0.15) is 11.5 Å². The van der Waals surface area contributed by atoms with Crippen molar-refractivity contribution in [1.82, 2.24) is 5.32 Å². The average Bonchev–Trinajstić information content (AvgIpc) is 3.06. The topological polar surface area (TPSA) is 80.9 Å². The molecule has 0 unspecified atom stereocenters. The molecule has 9 heteroatoms. The maximum absolute atomic E-state index is 13.5. The summed E-state index contributed by atoms with van der Waals surface area (Å²) < 4.78 is 55.7. The Balaban J connectivity index is 2.19. The molecular weight excluding hydrogens is 379 g/mol. The van der Waals surface area contributed by atoms with Gasteiger partial charge in [0.25, 0.3) is 0 Å². The number of hydrogen-bond donors (Lipinski definition) is 2. The number of halogens is 3. The lowest BCUT2D eigenvalue weighted by atomic mass is 9.95. The number of aliphatic hydroxyl groups is 1. The van der Waals surface area contributed by atoms with E-state index in [2.05, 4.69) is 5.32 Å². The van der Waals surface area contributed by atoms with Crippen molar-refractivity contribution in [3.63, 3.8) is 0 Å². The van der Waals surface area contributed by atoms with E-state index in [1.54, 1.807) is 25.1 Å². The number of aryl methyl sites for hydroxylation is 1. The number of alkyl halides is 3. The molecule has 0 aliphatic heterocycles. The number of furan rings is 1. The Kier molecular flexibility index (Phi) is 6.28. The number of ether oxygens (including phenoxy) is 2. The van der Waals surface area contributed by atoms with E-state index in [0.717, 1.165) is 6.07 Å². The predicted molar refractivity (Wildman–Crippen MR) is 94.1 cm³/mol. The zero-order valence-electron chi connectivity index (χ0n) is 15.9. The second kappa shape index (κ2) is 8.14. The van der Waals surface area contributed by atoms with Gasteiger partial charge in [0.2, 0.25) is 11.5 Å². The first-order chi connectivity index (χ1) is 13.0. The summed E-state index contributed by atoms with van der Waals surface area (Å²) >= 11 is 0. The molecule has 0 radical (unpaired) electrons. The van der Waals surface area contributed by atoms with Gasteiger partial charge < -0.3 is 24.3 Å². The Morgan fingerprint density at radius 1 is 1.18 bits per heavy atom. The Hall–Kier alpha value is -2.68. The monoisotopic (exact) mass is 401 g/mol. The Bertz CT molecular complexity index is 833. The summed E-state index contributed by atoms with van der Waals surface area (Å²) in [4.78, 5) is 12.3. The first kappa shape index (κ1) is 21.6. The van der Waals surface area contributed by atoms with E-state index in [9.17, 15) is 23.1 Å². The number of methoxy groups -OCH3 is 2. The molecule has 2 N–H and O–H groups in total. The molecule has 0 aliphatic carbocycles. The number of rotatable bonds is 7. The molecule has 1 heterocycles. The molecule has 2 aromatic rings. The molecule has 2 atom stereocenters. The van der Waals surface area contributed by atoms with Gasteiger partial charge in [0.15, 0.2) is 11.5 Å². The van der Waals surface area contributed by atoms with Gasteiger partial charge in [0.05, 0.1) is 26.7 Å². The summed E-state index contributed by atoms with van der Waals surface area (Å²) in [7, 11) is 2.91. The standard InChI is InChI=1S/C19H22F3NO5/c1-11-5-8-16(28-11)18(25,19(20,21)22)10-17(24)23-12(2)13-6-7-14(26-3)15(9-13)27-4/h5-9,12,25H,10H2,1-4H3,(H,23,24)/t12-,18+/m0/s1. The Morgan fingerprint density at radius 2 is 1.82 bits per heavy atom. The molecule has 0 aliphatic rings. The number of nitrogens with one attached hydrogen (secondary N) is 1. The summed E-state index contributed by atoms with van der Waals surface area (Å²) in [5.74, 6) is -0.636. The average molecular weight is 401 g/mol. The molecule has 154 valence electrons. The largest absolute Gasteiger partial charge is 0.493 e. The van der Waals surface area contributed by atoms with Crippen molar-refractivity contribution in [2.75, 3.05) is 14.2 Å². The van der Waals surface area contributed by atoms with Crippen LogP contribution in [0.25, 0.3) is 0 Å². The van der Waals surface area contributed by atoms with E-state index >= 15 is 0 Å². The number of carbonyl (C=O) groups excluding carboxylic acids is 1. The minimum atomic E-state index is -5.10. The second-order valence-corrected chi connectivity index (χ2v) is 6.35. The number of benzene rings is 1. The van der Waals surface area contributed by atoms with Crippen LogP contribution in [-0.4, -0.2) is 31.4 Å². The second-order valence-electron chi connectivity index (χ2n) is 6.35. The van der Waals surface area contributed by atoms with Crippen molar-refractivity contribution in [3.8, 4) is 11.5 Å². The Morgan fingerprint density at radius 3 is 2.32 bits per heavy atom. The van der Waals surface area contributed by atoms with Crippen LogP contribution in [-0.2, 0) is 10.4 Å². The van der Waals surface area contributed by atoms with Crippen LogP contribution in [0.3, 0.4) is 0 Å². The van der Waals surface area contributed by atoms with E-state index in [1.165, 1.54) is 27.2 Å². The van der Waals surface area contributed by atoms with Crippen molar-refractivity contribution >= 4 is 5.91 Å². The minimum Gasteiger partial charge on any atom is -0.493 e. The number of hydrogen-bond acceptors (Lipinski definition) is 5. The van der Waals surface area contributed by atoms with Crippen LogP contribution >= 0.6 is 0 Å². The van der Waals surface area contributed by atoms with Crippen LogP contribution in [0, 0.1) is 6.92 Å². The van der Waals surface area contributed by atoms with Crippen LogP contribution in [0.4, 0.5) is 13.2 Å². The number of amides is 1. The zero-order chi connectivity index (χ0) is 21.1. The summed E-state index contributed by atoms with van der Waals surface area (Å²) in [6, 6.07) is 6.54. The van der Waals surface area contributed by atoms with Crippen LogP contribution < -0.4 is 14.8 Å². The molecule has 1 aromatic carbocycles. The van der Waals surface area contributed by atoms with Gasteiger partial charge in [-0.25, -0.2) is 0 Å². The molecule has 0 fully saturated rings. The molecule has 1 amide bonds. The molecule has 0 bridgehead atoms. The molecule has 0 saturated carbocycles. The third-order valence-electron chi connectivity index (χ3n) is 4.32. The summed E-state index contributed by atoms with van der Waals surface area (Å²) in [5.41, 5.74) is -2.83. The summed E-state index contributed by atoms with van der Waals surface area (Å²) in [6.07, 6.45) is -6.33. The van der Waals surface area contributed by atoms with Gasteiger partial charge in [-0.15, -0.1) is 0 Å². The van der Waals surface area contributed by atoms with Crippen LogP contribution in [0.5, 0.6) is 11.5 Å². The lowest BCUT2D eigenvalue weighted by molar-refractivity contribution is -0.273. The molecule has 0 saturated heterocycles. The van der Waals surface area contributed by atoms with Crippen molar-refractivity contribution in [1.29, 1.82) is 0 Å². The van der Waals surface area contributed by atoms with Gasteiger partial charge in [-0.2, -0.15) is 13.2 Å². The molecule has 1 aromatic heterocycles. The predicted octanol–water partition coefficient (Wildman–Crippen LogP) is 3.62. The zero-order valence-corrected chi connectivity index (χ0v) is 15.9. The van der Waals surface area contributed by atoms with Crippen molar-refractivity contribution < 1.29 is 37.0 Å². The van der Waals surface area contributed by atoms with Crippen LogP contribution in [0.2, 0.25) is 0 Å². The molecule has 28 heavy (non-hydrogen) atoms. The van der Waals surface area contributed by atoms with Gasteiger partial charge in [0, 0.05) is 0 Å². The third kappa shape index (κ3) is 4.41. The van der Waals surface area contributed by atoms with E-state index in [4.69, 9.17) is 13.9 Å². The highest BCUT2D eigenvalue weighted by atomic mass is 19.4. The lowest BCUT2D eigenvalue weighted by Crippen LogP contribution is -2.46. The van der Waals surface area contributed by atoms with Crippen molar-refractivity contribution in [3.05, 3.63) is 47.4 Å². The smallest absolute Gasteiger partial charge is 0.425 e. The van der Waals surface area contributed by atoms with E-state index in [1.807, 2.05) is 0 Å². The van der Waals surface area contributed by atoms with Crippen LogP contribution in [0.15, 0.2) is 34.7 Å². The SMILES string of the molecule is COc1ccc([C@H](C)NC(=O)C[C@@](O)(c2ccc(C)o2)C(F)(F)F)cc1OC. The third-order valence-corrected chi connectivity index (χ3v) is 4.32. The minimum absolute atomic E-state index is 0.191. The molecule has 0 spiro atoms.